The van der Waals surface area contributed by atoms with E-state index in [4.69, 9.17) is 5.11 Å². The van der Waals surface area contributed by atoms with E-state index in [0.29, 0.717) is 0 Å². The minimum Gasteiger partial charge on any atom is -0.394 e. The topological polar surface area (TPSA) is 58.0 Å². The fourth-order valence-corrected chi connectivity index (χ4v) is 1.75. The van der Waals surface area contributed by atoms with Gasteiger partial charge in [0.25, 0.3) is 0 Å². The van der Waals surface area contributed by atoms with E-state index < -0.39 is 0 Å². The molecule has 2 N–H and O–H groups in total. The molecule has 0 spiro atoms. The second-order valence-corrected chi connectivity index (χ2v) is 3.37. The van der Waals surface area contributed by atoms with Crippen molar-refractivity contribution in [2.24, 2.45) is 0 Å². The van der Waals surface area contributed by atoms with Gasteiger partial charge in [0, 0.05) is 12.4 Å². The Morgan fingerprint density at radius 2 is 2.42 bits per heavy atom. The number of aromatic nitrogens is 2. The Morgan fingerprint density at radius 1 is 1.67 bits per heavy atom. The van der Waals surface area contributed by atoms with Crippen molar-refractivity contribution >= 4 is 0 Å². The van der Waals surface area contributed by atoms with Crippen molar-refractivity contribution < 1.29 is 5.11 Å². The Kier molecular flexibility index (Phi) is 1.58. The van der Waals surface area contributed by atoms with E-state index in [0.717, 1.165) is 19.3 Å². The Labute approximate surface area is 69.8 Å². The van der Waals surface area contributed by atoms with Crippen molar-refractivity contribution in [3.8, 4) is 0 Å². The zero-order valence-corrected chi connectivity index (χ0v) is 6.79. The van der Waals surface area contributed by atoms with Crippen LogP contribution in [0.2, 0.25) is 0 Å². The van der Waals surface area contributed by atoms with Gasteiger partial charge in [-0.3, -0.25) is 4.57 Å². The SMILES string of the molecule is O=c1[nH]ccn1C1(CO)CCC1. The number of imidazole rings is 1. The first-order valence-corrected chi connectivity index (χ1v) is 4.16. The van der Waals surface area contributed by atoms with E-state index in [1.807, 2.05) is 0 Å². The number of rotatable bonds is 2. The van der Waals surface area contributed by atoms with Crippen molar-refractivity contribution in [1.29, 1.82) is 0 Å². The van der Waals surface area contributed by atoms with E-state index in [-0.39, 0.29) is 17.8 Å². The summed E-state index contributed by atoms with van der Waals surface area (Å²) < 4.78 is 1.61. The van der Waals surface area contributed by atoms with E-state index in [1.165, 1.54) is 0 Å². The molecule has 1 heterocycles. The molecular weight excluding hydrogens is 156 g/mol. The zero-order valence-electron chi connectivity index (χ0n) is 6.79. The second-order valence-electron chi connectivity index (χ2n) is 3.37. The molecule has 0 bridgehead atoms. The molecule has 1 aromatic heterocycles. The maximum atomic E-state index is 11.2. The first kappa shape index (κ1) is 7.61. The highest BCUT2D eigenvalue weighted by Crippen LogP contribution is 2.37. The maximum Gasteiger partial charge on any atom is 0.326 e. The summed E-state index contributed by atoms with van der Waals surface area (Å²) >= 11 is 0. The molecule has 0 unspecified atom stereocenters. The van der Waals surface area contributed by atoms with Gasteiger partial charge >= 0.3 is 5.69 Å². The molecule has 0 amide bonds. The van der Waals surface area contributed by atoms with Crippen LogP contribution in [0.3, 0.4) is 0 Å². The number of hydrogen-bond acceptors (Lipinski definition) is 2. The van der Waals surface area contributed by atoms with Gasteiger partial charge < -0.3 is 10.1 Å². The Hall–Kier alpha value is -1.03. The zero-order chi connectivity index (χ0) is 8.60. The van der Waals surface area contributed by atoms with Crippen LogP contribution in [0.15, 0.2) is 17.2 Å². The number of H-pyrrole nitrogens is 1. The van der Waals surface area contributed by atoms with Crippen molar-refractivity contribution in [1.82, 2.24) is 9.55 Å². The molecular formula is C8H12N2O2. The number of aromatic amines is 1. The first-order valence-electron chi connectivity index (χ1n) is 4.16. The molecule has 66 valence electrons. The van der Waals surface area contributed by atoms with Crippen LogP contribution in [-0.2, 0) is 5.54 Å². The molecule has 0 saturated heterocycles. The molecule has 1 aliphatic carbocycles. The van der Waals surface area contributed by atoms with Crippen LogP contribution < -0.4 is 5.69 Å². The largest absolute Gasteiger partial charge is 0.394 e. The Bertz CT molecular complexity index is 316. The fraction of sp³-hybridized carbons (Fsp3) is 0.625. The van der Waals surface area contributed by atoms with Crippen LogP contribution in [0.5, 0.6) is 0 Å². The molecule has 4 heteroatoms. The average Bonchev–Trinajstić information content (AvgIpc) is 2.36. The van der Waals surface area contributed by atoms with Crippen LogP contribution in [0.25, 0.3) is 0 Å². The second kappa shape index (κ2) is 2.48. The van der Waals surface area contributed by atoms with Crippen LogP contribution in [0, 0.1) is 0 Å². The lowest BCUT2D eigenvalue weighted by Gasteiger charge is -2.40. The minimum atomic E-state index is -0.295. The van der Waals surface area contributed by atoms with Crippen LogP contribution in [0.4, 0.5) is 0 Å². The van der Waals surface area contributed by atoms with Gasteiger partial charge in [0.1, 0.15) is 0 Å². The number of aliphatic hydroxyl groups excluding tert-OH is 1. The minimum absolute atomic E-state index is 0.0603. The predicted octanol–water partition coefficient (Wildman–Crippen LogP) is 0.0479. The summed E-state index contributed by atoms with van der Waals surface area (Å²) in [6, 6.07) is 0. The van der Waals surface area contributed by atoms with E-state index in [9.17, 15) is 4.79 Å². The highest BCUT2D eigenvalue weighted by molar-refractivity contribution is 4.97. The molecule has 1 saturated carbocycles. The molecule has 1 aliphatic rings. The molecule has 4 nitrogen and oxygen atoms in total. The lowest BCUT2D eigenvalue weighted by atomic mass is 9.77. The predicted molar refractivity (Wildman–Crippen MR) is 44.0 cm³/mol. The maximum absolute atomic E-state index is 11.2. The average molecular weight is 168 g/mol. The molecule has 2 rings (SSSR count). The van der Waals surface area contributed by atoms with Crippen molar-refractivity contribution in [2.45, 2.75) is 24.8 Å². The summed E-state index contributed by atoms with van der Waals surface area (Å²) in [5.74, 6) is 0. The summed E-state index contributed by atoms with van der Waals surface area (Å²) in [7, 11) is 0. The van der Waals surface area contributed by atoms with Crippen molar-refractivity contribution in [3.05, 3.63) is 22.9 Å². The van der Waals surface area contributed by atoms with Gasteiger partial charge in [-0.25, -0.2) is 4.79 Å². The fourth-order valence-electron chi connectivity index (χ4n) is 1.75. The molecule has 0 atom stereocenters. The molecule has 0 aromatic carbocycles. The number of nitrogens with one attached hydrogen (secondary N) is 1. The molecule has 1 fully saturated rings. The van der Waals surface area contributed by atoms with E-state index >= 15 is 0 Å². The summed E-state index contributed by atoms with van der Waals surface area (Å²) in [6.07, 6.45) is 6.22. The number of hydrogen-bond donors (Lipinski definition) is 2. The van der Waals surface area contributed by atoms with Gasteiger partial charge in [-0.2, -0.15) is 0 Å². The van der Waals surface area contributed by atoms with E-state index in [1.54, 1.807) is 17.0 Å². The summed E-state index contributed by atoms with van der Waals surface area (Å²) in [4.78, 5) is 13.8. The molecule has 0 aliphatic heterocycles. The third kappa shape index (κ3) is 0.845. The van der Waals surface area contributed by atoms with Gasteiger partial charge in [-0.15, -0.1) is 0 Å². The smallest absolute Gasteiger partial charge is 0.326 e. The molecule has 12 heavy (non-hydrogen) atoms. The summed E-state index contributed by atoms with van der Waals surface area (Å²) in [6.45, 7) is 0.0603. The Balaban J connectivity index is 2.40. The van der Waals surface area contributed by atoms with Gasteiger partial charge in [0.05, 0.1) is 12.1 Å². The quantitative estimate of drug-likeness (QED) is 0.655. The van der Waals surface area contributed by atoms with Crippen LogP contribution in [0.1, 0.15) is 19.3 Å². The van der Waals surface area contributed by atoms with Gasteiger partial charge in [0.15, 0.2) is 0 Å². The van der Waals surface area contributed by atoms with Crippen molar-refractivity contribution in [2.75, 3.05) is 6.61 Å². The van der Waals surface area contributed by atoms with Crippen molar-refractivity contribution in [3.63, 3.8) is 0 Å². The molecule has 1 aromatic rings. The third-order valence-corrected chi connectivity index (χ3v) is 2.74. The molecule has 0 radical (unpaired) electrons. The highest BCUT2D eigenvalue weighted by atomic mass is 16.3. The standard InChI is InChI=1S/C8H12N2O2/c11-6-8(2-1-3-8)10-5-4-9-7(10)12/h4-5,11H,1-3,6H2,(H,9,12). The van der Waals surface area contributed by atoms with E-state index in [2.05, 4.69) is 4.98 Å². The summed E-state index contributed by atoms with van der Waals surface area (Å²) in [5, 5.41) is 9.16. The van der Waals surface area contributed by atoms with Gasteiger partial charge in [0.2, 0.25) is 0 Å². The number of nitrogens with zero attached hydrogens (tertiary/aromatic N) is 1. The van der Waals surface area contributed by atoms with Crippen LogP contribution >= 0.6 is 0 Å². The third-order valence-electron chi connectivity index (χ3n) is 2.74. The number of aliphatic hydroxyl groups is 1. The van der Waals surface area contributed by atoms with Gasteiger partial charge in [-0.05, 0) is 19.3 Å². The Morgan fingerprint density at radius 3 is 2.75 bits per heavy atom. The summed E-state index contributed by atoms with van der Waals surface area (Å²) in [5.41, 5.74) is -0.416. The van der Waals surface area contributed by atoms with Gasteiger partial charge in [-0.1, -0.05) is 0 Å². The van der Waals surface area contributed by atoms with Crippen LogP contribution in [-0.4, -0.2) is 21.3 Å². The first-order chi connectivity index (χ1) is 5.78. The normalized spacial score (nSPS) is 20.4. The highest BCUT2D eigenvalue weighted by Gasteiger charge is 2.38. The monoisotopic (exact) mass is 168 g/mol. The lowest BCUT2D eigenvalue weighted by Crippen LogP contribution is -2.48. The lowest BCUT2D eigenvalue weighted by molar-refractivity contribution is 0.0523.